The summed E-state index contributed by atoms with van der Waals surface area (Å²) in [6.45, 7) is 1.50. The first-order valence-corrected chi connectivity index (χ1v) is 8.74. The molecule has 2 fully saturated rings. The van der Waals surface area contributed by atoms with Gasteiger partial charge in [0.15, 0.2) is 0 Å². The molecule has 5 nitrogen and oxygen atoms in total. The van der Waals surface area contributed by atoms with Crippen LogP contribution in [0.2, 0.25) is 0 Å². The first kappa shape index (κ1) is 16.8. The predicted octanol–water partition coefficient (Wildman–Crippen LogP) is 2.90. The summed E-state index contributed by atoms with van der Waals surface area (Å²) in [5, 5.41) is 9.20. The summed E-state index contributed by atoms with van der Waals surface area (Å²) in [6.07, 6.45) is 3.83. The second-order valence-corrected chi connectivity index (χ2v) is 6.94. The van der Waals surface area contributed by atoms with Crippen molar-refractivity contribution in [3.8, 4) is 5.75 Å². The zero-order valence-corrected chi connectivity index (χ0v) is 14.1. The van der Waals surface area contributed by atoms with Crippen LogP contribution in [0.15, 0.2) is 24.3 Å². The molecule has 1 aliphatic heterocycles. The topological polar surface area (TPSA) is 66.8 Å². The van der Waals surface area contributed by atoms with Gasteiger partial charge in [-0.25, -0.2) is 0 Å². The molecule has 5 heteroatoms. The Balaban J connectivity index is 1.60. The maximum absolute atomic E-state index is 12.8. The first-order chi connectivity index (χ1) is 11.6. The van der Waals surface area contributed by atoms with E-state index in [2.05, 4.69) is 12.1 Å². The van der Waals surface area contributed by atoms with Crippen molar-refractivity contribution >= 4 is 11.9 Å². The van der Waals surface area contributed by atoms with Gasteiger partial charge >= 0.3 is 5.97 Å². The van der Waals surface area contributed by atoms with Crippen LogP contribution in [0.25, 0.3) is 0 Å². The number of ether oxygens (including phenoxy) is 1. The monoisotopic (exact) mass is 331 g/mol. The van der Waals surface area contributed by atoms with Crippen molar-refractivity contribution in [3.05, 3.63) is 29.8 Å². The highest BCUT2D eigenvalue weighted by molar-refractivity contribution is 5.80. The van der Waals surface area contributed by atoms with Crippen LogP contribution in [0.5, 0.6) is 5.75 Å². The SMILES string of the molecule is COc1ccc(C2CCN(C(=O)C3CCCC(C(=O)O)C3)C2)cc1. The number of carbonyl (C=O) groups excluding carboxylic acids is 1. The van der Waals surface area contributed by atoms with Crippen LogP contribution in [0.1, 0.15) is 43.6 Å². The number of carboxylic acids is 1. The second-order valence-electron chi connectivity index (χ2n) is 6.94. The van der Waals surface area contributed by atoms with E-state index in [1.54, 1.807) is 7.11 Å². The average molecular weight is 331 g/mol. The summed E-state index contributed by atoms with van der Waals surface area (Å²) in [7, 11) is 1.65. The minimum absolute atomic E-state index is 0.116. The lowest BCUT2D eigenvalue weighted by atomic mass is 9.81. The minimum atomic E-state index is -0.759. The Bertz CT molecular complexity index is 598. The van der Waals surface area contributed by atoms with Crippen LogP contribution in [0.4, 0.5) is 0 Å². The zero-order chi connectivity index (χ0) is 17.1. The number of hydrogen-bond acceptors (Lipinski definition) is 3. The highest BCUT2D eigenvalue weighted by Gasteiger charge is 2.36. The number of carbonyl (C=O) groups is 2. The van der Waals surface area contributed by atoms with Gasteiger partial charge in [-0.1, -0.05) is 18.6 Å². The Morgan fingerprint density at radius 3 is 2.50 bits per heavy atom. The molecule has 1 amide bonds. The zero-order valence-electron chi connectivity index (χ0n) is 14.1. The van der Waals surface area contributed by atoms with E-state index in [-0.39, 0.29) is 17.7 Å². The highest BCUT2D eigenvalue weighted by atomic mass is 16.5. The molecule has 2 aliphatic rings. The van der Waals surface area contributed by atoms with Crippen molar-refractivity contribution in [2.45, 2.75) is 38.0 Å². The van der Waals surface area contributed by atoms with E-state index < -0.39 is 5.97 Å². The summed E-state index contributed by atoms with van der Waals surface area (Å²) < 4.78 is 5.19. The van der Waals surface area contributed by atoms with E-state index in [9.17, 15) is 14.7 Å². The fourth-order valence-corrected chi connectivity index (χ4v) is 4.01. The molecule has 1 heterocycles. The number of benzene rings is 1. The standard InChI is InChI=1S/C19H25NO4/c1-24-17-7-5-13(6-8-17)16-9-10-20(12-16)18(21)14-3-2-4-15(11-14)19(22)23/h5-8,14-16H,2-4,9-12H2,1H3,(H,22,23). The second kappa shape index (κ2) is 7.24. The van der Waals surface area contributed by atoms with Crippen molar-refractivity contribution < 1.29 is 19.4 Å². The summed E-state index contributed by atoms with van der Waals surface area (Å²) in [5.41, 5.74) is 1.23. The highest BCUT2D eigenvalue weighted by Crippen LogP contribution is 2.34. The van der Waals surface area contributed by atoms with Gasteiger partial charge in [0.25, 0.3) is 0 Å². The van der Waals surface area contributed by atoms with Crippen LogP contribution in [-0.4, -0.2) is 42.1 Å². The van der Waals surface area contributed by atoms with Crippen molar-refractivity contribution in [2.75, 3.05) is 20.2 Å². The molecular weight excluding hydrogens is 306 g/mol. The molecule has 3 unspecified atom stereocenters. The molecule has 0 bridgehead atoms. The minimum Gasteiger partial charge on any atom is -0.497 e. The number of amides is 1. The number of carboxylic acid groups (broad SMARTS) is 1. The van der Waals surface area contributed by atoms with Gasteiger partial charge in [-0.15, -0.1) is 0 Å². The van der Waals surface area contributed by atoms with E-state index in [4.69, 9.17) is 4.74 Å². The van der Waals surface area contributed by atoms with Gasteiger partial charge in [0.1, 0.15) is 5.75 Å². The van der Waals surface area contributed by atoms with Gasteiger partial charge in [-0.2, -0.15) is 0 Å². The lowest BCUT2D eigenvalue weighted by Crippen LogP contribution is -2.37. The Morgan fingerprint density at radius 1 is 1.12 bits per heavy atom. The molecule has 1 N–H and O–H groups in total. The maximum atomic E-state index is 12.8. The molecule has 1 saturated carbocycles. The third-order valence-electron chi connectivity index (χ3n) is 5.46. The summed E-state index contributed by atoms with van der Waals surface area (Å²) in [5.74, 6) is 0.120. The van der Waals surface area contributed by atoms with Gasteiger partial charge in [0.05, 0.1) is 13.0 Å². The number of hydrogen-bond donors (Lipinski definition) is 1. The molecule has 130 valence electrons. The summed E-state index contributed by atoms with van der Waals surface area (Å²) in [4.78, 5) is 25.9. The van der Waals surface area contributed by atoms with E-state index in [0.29, 0.717) is 18.8 Å². The molecular formula is C19H25NO4. The number of aliphatic carboxylic acids is 1. The smallest absolute Gasteiger partial charge is 0.306 e. The van der Waals surface area contributed by atoms with Crippen LogP contribution in [-0.2, 0) is 9.59 Å². The van der Waals surface area contributed by atoms with E-state index in [0.717, 1.165) is 38.1 Å². The Kier molecular flexibility index (Phi) is 5.07. The van der Waals surface area contributed by atoms with Crippen molar-refractivity contribution in [1.82, 2.24) is 4.90 Å². The van der Waals surface area contributed by atoms with Crippen molar-refractivity contribution in [2.24, 2.45) is 11.8 Å². The molecule has 24 heavy (non-hydrogen) atoms. The molecule has 3 rings (SSSR count). The summed E-state index contributed by atoms with van der Waals surface area (Å²) >= 11 is 0. The summed E-state index contributed by atoms with van der Waals surface area (Å²) in [6, 6.07) is 8.05. The molecule has 1 aromatic carbocycles. The normalized spacial score (nSPS) is 27.0. The molecule has 0 aromatic heterocycles. The molecule has 1 aliphatic carbocycles. The van der Waals surface area contributed by atoms with Crippen LogP contribution < -0.4 is 4.74 Å². The van der Waals surface area contributed by atoms with Crippen LogP contribution in [0.3, 0.4) is 0 Å². The van der Waals surface area contributed by atoms with E-state index >= 15 is 0 Å². The van der Waals surface area contributed by atoms with Crippen LogP contribution in [0, 0.1) is 11.8 Å². The number of nitrogens with zero attached hydrogens (tertiary/aromatic N) is 1. The first-order valence-electron chi connectivity index (χ1n) is 8.74. The van der Waals surface area contributed by atoms with Crippen LogP contribution >= 0.6 is 0 Å². The fourth-order valence-electron chi connectivity index (χ4n) is 4.01. The molecule has 0 radical (unpaired) electrons. The molecule has 1 saturated heterocycles. The molecule has 3 atom stereocenters. The lowest BCUT2D eigenvalue weighted by molar-refractivity contribution is -0.145. The Labute approximate surface area is 142 Å². The van der Waals surface area contributed by atoms with E-state index in [1.807, 2.05) is 17.0 Å². The number of methoxy groups -OCH3 is 1. The van der Waals surface area contributed by atoms with Gasteiger partial charge in [-0.05, 0) is 43.4 Å². The van der Waals surface area contributed by atoms with E-state index in [1.165, 1.54) is 5.56 Å². The maximum Gasteiger partial charge on any atom is 0.306 e. The van der Waals surface area contributed by atoms with Gasteiger partial charge in [0.2, 0.25) is 5.91 Å². The third-order valence-corrected chi connectivity index (χ3v) is 5.46. The fraction of sp³-hybridized carbons (Fsp3) is 0.579. The number of rotatable bonds is 4. The Hall–Kier alpha value is -2.04. The third kappa shape index (κ3) is 3.55. The lowest BCUT2D eigenvalue weighted by Gasteiger charge is -2.29. The predicted molar refractivity (Wildman–Crippen MR) is 90.0 cm³/mol. The Morgan fingerprint density at radius 2 is 1.83 bits per heavy atom. The van der Waals surface area contributed by atoms with Gasteiger partial charge < -0.3 is 14.7 Å². The molecule has 1 aromatic rings. The number of likely N-dealkylation sites (tertiary alicyclic amines) is 1. The van der Waals surface area contributed by atoms with Crippen molar-refractivity contribution in [1.29, 1.82) is 0 Å². The van der Waals surface area contributed by atoms with Gasteiger partial charge in [-0.3, -0.25) is 9.59 Å². The largest absolute Gasteiger partial charge is 0.497 e. The van der Waals surface area contributed by atoms with Crippen molar-refractivity contribution in [3.63, 3.8) is 0 Å². The average Bonchev–Trinajstić information content (AvgIpc) is 3.11. The quantitative estimate of drug-likeness (QED) is 0.921. The molecule has 0 spiro atoms. The van der Waals surface area contributed by atoms with Gasteiger partial charge in [0, 0.05) is 24.9 Å².